The Morgan fingerprint density at radius 1 is 1.47 bits per heavy atom. The van der Waals surface area contributed by atoms with E-state index in [1.807, 2.05) is 25.4 Å². The zero-order chi connectivity index (χ0) is 12.3. The topological polar surface area (TPSA) is 34.5 Å². The second-order valence-electron chi connectivity index (χ2n) is 4.60. The Bertz CT molecular complexity index is 379. The Hall–Kier alpha value is -1.29. The Kier molecular flexibility index (Phi) is 3.84. The lowest BCUT2D eigenvalue weighted by atomic mass is 10.1. The van der Waals surface area contributed by atoms with E-state index >= 15 is 0 Å². The van der Waals surface area contributed by atoms with Crippen molar-refractivity contribution in [2.45, 2.75) is 25.8 Å². The van der Waals surface area contributed by atoms with Gasteiger partial charge in [-0.05, 0) is 46.0 Å². The van der Waals surface area contributed by atoms with Crippen molar-refractivity contribution in [3.63, 3.8) is 0 Å². The van der Waals surface area contributed by atoms with Crippen molar-refractivity contribution >= 4 is 5.97 Å². The second kappa shape index (κ2) is 5.36. The number of rotatable bonds is 3. The Labute approximate surface area is 102 Å². The first-order valence-corrected chi connectivity index (χ1v) is 6.24. The minimum Gasteiger partial charge on any atom is -0.462 e. The molecule has 0 unspecified atom stereocenters. The summed E-state index contributed by atoms with van der Waals surface area (Å²) in [5.41, 5.74) is 0.658. The smallest absolute Gasteiger partial charge is 0.339 e. The first-order chi connectivity index (χ1) is 8.20. The zero-order valence-electron chi connectivity index (χ0n) is 10.6. The van der Waals surface area contributed by atoms with Gasteiger partial charge in [-0.1, -0.05) is 0 Å². The Balaban J connectivity index is 2.00. The molecule has 17 heavy (non-hydrogen) atoms. The molecule has 1 aliphatic rings. The van der Waals surface area contributed by atoms with Crippen molar-refractivity contribution in [2.24, 2.45) is 0 Å². The molecule has 1 aliphatic heterocycles. The van der Waals surface area contributed by atoms with Gasteiger partial charge in [0.05, 0.1) is 12.2 Å². The average Bonchev–Trinajstić information content (AvgIpc) is 2.80. The first kappa shape index (κ1) is 12.2. The molecule has 1 aromatic heterocycles. The van der Waals surface area contributed by atoms with Crippen molar-refractivity contribution in [3.8, 4) is 0 Å². The molecular weight excluding hydrogens is 216 g/mol. The summed E-state index contributed by atoms with van der Waals surface area (Å²) in [7, 11) is 2.15. The molecule has 1 fully saturated rings. The van der Waals surface area contributed by atoms with Gasteiger partial charge in [-0.15, -0.1) is 0 Å². The fraction of sp³-hybridized carbons (Fsp3) is 0.615. The highest BCUT2D eigenvalue weighted by molar-refractivity contribution is 5.89. The van der Waals surface area contributed by atoms with E-state index in [9.17, 15) is 4.79 Å². The number of carbonyl (C=O) groups excluding carboxylic acids is 1. The van der Waals surface area contributed by atoms with Crippen LogP contribution >= 0.6 is 0 Å². The molecule has 4 heteroatoms. The highest BCUT2D eigenvalue weighted by atomic mass is 16.5. The molecule has 2 heterocycles. The van der Waals surface area contributed by atoms with Gasteiger partial charge in [0.15, 0.2) is 0 Å². The van der Waals surface area contributed by atoms with E-state index in [0.717, 1.165) is 25.9 Å². The van der Waals surface area contributed by atoms with Crippen LogP contribution in [-0.2, 0) is 4.74 Å². The second-order valence-corrected chi connectivity index (χ2v) is 4.60. The van der Waals surface area contributed by atoms with Gasteiger partial charge >= 0.3 is 5.97 Å². The fourth-order valence-electron chi connectivity index (χ4n) is 2.27. The lowest BCUT2D eigenvalue weighted by Gasteiger charge is -2.29. The van der Waals surface area contributed by atoms with Gasteiger partial charge in [0.1, 0.15) is 0 Å². The van der Waals surface area contributed by atoms with Crippen LogP contribution < -0.4 is 0 Å². The molecule has 0 atom stereocenters. The van der Waals surface area contributed by atoms with Gasteiger partial charge in [0.2, 0.25) is 0 Å². The number of likely N-dealkylation sites (tertiary alicyclic amines) is 1. The Morgan fingerprint density at radius 2 is 2.18 bits per heavy atom. The average molecular weight is 236 g/mol. The van der Waals surface area contributed by atoms with Gasteiger partial charge in [-0.25, -0.2) is 4.79 Å². The Morgan fingerprint density at radius 3 is 2.82 bits per heavy atom. The molecule has 0 amide bonds. The number of piperidine rings is 1. The third-order valence-corrected chi connectivity index (χ3v) is 3.34. The monoisotopic (exact) mass is 236 g/mol. The molecule has 1 saturated heterocycles. The van der Waals surface area contributed by atoms with Crippen molar-refractivity contribution in [2.75, 3.05) is 26.7 Å². The third-order valence-electron chi connectivity index (χ3n) is 3.34. The lowest BCUT2D eigenvalue weighted by molar-refractivity contribution is 0.0526. The van der Waals surface area contributed by atoms with Crippen molar-refractivity contribution < 1.29 is 9.53 Å². The largest absolute Gasteiger partial charge is 0.462 e. The summed E-state index contributed by atoms with van der Waals surface area (Å²) >= 11 is 0. The van der Waals surface area contributed by atoms with E-state index < -0.39 is 0 Å². The third kappa shape index (κ3) is 2.88. The highest BCUT2D eigenvalue weighted by Crippen LogP contribution is 2.22. The van der Waals surface area contributed by atoms with Crippen LogP contribution in [-0.4, -0.2) is 42.2 Å². The molecule has 0 N–H and O–H groups in total. The van der Waals surface area contributed by atoms with Gasteiger partial charge < -0.3 is 14.2 Å². The summed E-state index contributed by atoms with van der Waals surface area (Å²) in [5.74, 6) is -0.223. The number of carbonyl (C=O) groups is 1. The van der Waals surface area contributed by atoms with Gasteiger partial charge in [0.25, 0.3) is 0 Å². The maximum absolute atomic E-state index is 11.5. The van der Waals surface area contributed by atoms with E-state index in [1.165, 1.54) is 0 Å². The maximum Gasteiger partial charge on any atom is 0.339 e. The molecule has 0 aliphatic carbocycles. The molecule has 0 aromatic carbocycles. The predicted octanol–water partition coefficient (Wildman–Crippen LogP) is 1.93. The summed E-state index contributed by atoms with van der Waals surface area (Å²) in [6.45, 7) is 4.50. The molecule has 1 aromatic rings. The van der Waals surface area contributed by atoms with Gasteiger partial charge in [-0.2, -0.15) is 0 Å². The number of hydrogen-bond acceptors (Lipinski definition) is 3. The molecule has 0 saturated carbocycles. The number of nitrogens with zero attached hydrogens (tertiary/aromatic N) is 2. The minimum atomic E-state index is -0.223. The summed E-state index contributed by atoms with van der Waals surface area (Å²) < 4.78 is 7.14. The minimum absolute atomic E-state index is 0.223. The highest BCUT2D eigenvalue weighted by Gasteiger charge is 2.19. The summed E-state index contributed by atoms with van der Waals surface area (Å²) in [6, 6.07) is 2.37. The molecule has 0 radical (unpaired) electrons. The van der Waals surface area contributed by atoms with Crippen molar-refractivity contribution in [1.29, 1.82) is 0 Å². The van der Waals surface area contributed by atoms with Gasteiger partial charge in [-0.3, -0.25) is 0 Å². The molecule has 2 rings (SSSR count). The molecule has 4 nitrogen and oxygen atoms in total. The van der Waals surface area contributed by atoms with Crippen LogP contribution in [0.1, 0.15) is 36.2 Å². The van der Waals surface area contributed by atoms with E-state index in [1.54, 1.807) is 0 Å². The van der Waals surface area contributed by atoms with Crippen LogP contribution in [0.25, 0.3) is 0 Å². The van der Waals surface area contributed by atoms with Crippen LogP contribution in [0.15, 0.2) is 18.5 Å². The van der Waals surface area contributed by atoms with E-state index in [4.69, 9.17) is 4.74 Å². The van der Waals surface area contributed by atoms with Crippen LogP contribution in [0.5, 0.6) is 0 Å². The van der Waals surface area contributed by atoms with Crippen LogP contribution in [0.4, 0.5) is 0 Å². The van der Waals surface area contributed by atoms with E-state index in [-0.39, 0.29) is 5.97 Å². The van der Waals surface area contributed by atoms with Crippen molar-refractivity contribution in [3.05, 3.63) is 24.0 Å². The molecule has 0 bridgehead atoms. The normalized spacial score (nSPS) is 18.2. The quantitative estimate of drug-likeness (QED) is 0.752. The zero-order valence-corrected chi connectivity index (χ0v) is 10.6. The van der Waals surface area contributed by atoms with E-state index in [0.29, 0.717) is 18.2 Å². The summed E-state index contributed by atoms with van der Waals surface area (Å²) in [6.07, 6.45) is 6.19. The summed E-state index contributed by atoms with van der Waals surface area (Å²) in [4.78, 5) is 13.9. The standard InChI is InChI=1S/C13H20N2O2/c1-3-17-13(16)11-4-9-15(10-11)12-5-7-14(2)8-6-12/h4,9-10,12H,3,5-8H2,1-2H3. The fourth-order valence-corrected chi connectivity index (χ4v) is 2.27. The number of aromatic nitrogens is 1. The van der Waals surface area contributed by atoms with Gasteiger partial charge in [0, 0.05) is 18.4 Å². The number of ether oxygens (including phenoxy) is 1. The lowest BCUT2D eigenvalue weighted by Crippen LogP contribution is -2.31. The molecule has 0 spiro atoms. The van der Waals surface area contributed by atoms with Crippen molar-refractivity contribution in [1.82, 2.24) is 9.47 Å². The molecular formula is C13H20N2O2. The number of hydrogen-bond donors (Lipinski definition) is 0. The van der Waals surface area contributed by atoms with E-state index in [2.05, 4.69) is 16.5 Å². The number of esters is 1. The van der Waals surface area contributed by atoms with Crippen LogP contribution in [0.2, 0.25) is 0 Å². The summed E-state index contributed by atoms with van der Waals surface area (Å²) in [5, 5.41) is 0. The van der Waals surface area contributed by atoms with Crippen LogP contribution in [0.3, 0.4) is 0 Å². The molecule has 94 valence electrons. The van der Waals surface area contributed by atoms with Crippen LogP contribution in [0, 0.1) is 0 Å². The SMILES string of the molecule is CCOC(=O)c1ccn(C2CCN(C)CC2)c1. The maximum atomic E-state index is 11.5. The predicted molar refractivity (Wildman–Crippen MR) is 66.2 cm³/mol. The first-order valence-electron chi connectivity index (χ1n) is 6.24.